The molecule has 0 N–H and O–H groups in total. The van der Waals surface area contributed by atoms with Crippen LogP contribution < -0.4 is 0 Å². The van der Waals surface area contributed by atoms with Crippen LogP contribution in [0.1, 0.15) is 17.0 Å². The van der Waals surface area contributed by atoms with Gasteiger partial charge in [-0.15, -0.1) is 11.6 Å². The highest BCUT2D eigenvalue weighted by Gasteiger charge is 2.65. The quantitative estimate of drug-likeness (QED) is 0.406. The number of halogens is 1. The highest BCUT2D eigenvalue weighted by Crippen LogP contribution is 2.62. The Balaban J connectivity index is 1.67. The van der Waals surface area contributed by atoms with Crippen molar-refractivity contribution in [3.05, 3.63) is 77.4 Å². The number of hydrogen-bond donors (Lipinski definition) is 0. The van der Waals surface area contributed by atoms with Crippen LogP contribution in [-0.4, -0.2) is 29.5 Å². The molecular formula is C23H21ClO3S. The van der Waals surface area contributed by atoms with E-state index < -0.39 is 10.3 Å². The van der Waals surface area contributed by atoms with Crippen LogP contribution in [0, 0.1) is 18.8 Å². The molecule has 1 aliphatic carbocycles. The number of carbonyl (C=O) groups is 1. The first kappa shape index (κ1) is 18.3. The molecule has 0 spiro atoms. The highest BCUT2D eigenvalue weighted by molar-refractivity contribution is 8.00. The summed E-state index contributed by atoms with van der Waals surface area (Å²) in [6, 6.07) is 18.6. The van der Waals surface area contributed by atoms with Crippen LogP contribution in [-0.2, 0) is 14.3 Å². The van der Waals surface area contributed by atoms with Gasteiger partial charge in [0, 0.05) is 16.7 Å². The maximum absolute atomic E-state index is 12.7. The number of hydrogen-bond acceptors (Lipinski definition) is 4. The molecular weight excluding hydrogens is 392 g/mol. The van der Waals surface area contributed by atoms with Gasteiger partial charge in [0.25, 0.3) is 0 Å². The first-order chi connectivity index (χ1) is 13.6. The van der Waals surface area contributed by atoms with E-state index >= 15 is 0 Å². The predicted octanol–water partition coefficient (Wildman–Crippen LogP) is 4.93. The summed E-state index contributed by atoms with van der Waals surface area (Å²) in [6.07, 6.45) is 2.26. The lowest BCUT2D eigenvalue weighted by Gasteiger charge is -2.44. The van der Waals surface area contributed by atoms with Crippen LogP contribution in [0.15, 0.2) is 71.1 Å². The Hall–Kier alpha value is -1.75. The fourth-order valence-corrected chi connectivity index (χ4v) is 6.69. The van der Waals surface area contributed by atoms with Crippen molar-refractivity contribution in [1.29, 1.82) is 0 Å². The fraction of sp³-hybridized carbons (Fsp3) is 0.348. The van der Waals surface area contributed by atoms with Crippen molar-refractivity contribution >= 4 is 29.3 Å². The van der Waals surface area contributed by atoms with Crippen LogP contribution >= 0.6 is 23.4 Å². The van der Waals surface area contributed by atoms with Crippen LogP contribution in [0.25, 0.3) is 0 Å². The van der Waals surface area contributed by atoms with E-state index in [2.05, 4.69) is 49.4 Å². The third-order valence-electron chi connectivity index (χ3n) is 6.01. The number of rotatable bonds is 3. The zero-order valence-electron chi connectivity index (χ0n) is 15.5. The van der Waals surface area contributed by atoms with Crippen molar-refractivity contribution in [3.63, 3.8) is 0 Å². The molecule has 144 valence electrons. The zero-order chi connectivity index (χ0) is 19.3. The Kier molecular flexibility index (Phi) is 4.53. The maximum Gasteiger partial charge on any atom is 0.326 e. The predicted molar refractivity (Wildman–Crippen MR) is 111 cm³/mol. The second-order valence-electron chi connectivity index (χ2n) is 7.74. The fourth-order valence-electron chi connectivity index (χ4n) is 4.67. The Labute approximate surface area is 174 Å². The molecule has 5 heteroatoms. The molecule has 2 aromatic carbocycles. The van der Waals surface area contributed by atoms with E-state index in [0.717, 1.165) is 10.5 Å². The lowest BCUT2D eigenvalue weighted by molar-refractivity contribution is -0.143. The largest absolute Gasteiger partial charge is 0.445 e. The van der Waals surface area contributed by atoms with Gasteiger partial charge in [0.1, 0.15) is 5.38 Å². The maximum atomic E-state index is 12.7. The van der Waals surface area contributed by atoms with E-state index in [1.165, 1.54) is 11.1 Å². The molecule has 2 aromatic rings. The number of benzene rings is 2. The molecule has 2 aliphatic heterocycles. The first-order valence-electron chi connectivity index (χ1n) is 9.54. The number of aryl methyl sites for hydroxylation is 1. The highest BCUT2D eigenvalue weighted by atomic mass is 35.5. The van der Waals surface area contributed by atoms with Gasteiger partial charge in [0.2, 0.25) is 0 Å². The standard InChI is InChI=1S/C23H21ClO3S/c1-14-7-9-17(10-8-14)28-23-19(15-5-3-2-4-6-15)11-16-12-26-13-18(16)20(23)21(24)22(25)27-23/h2-11,18-21H,12-13H2,1H3/t18-,19-,20-,21+,23+/m0/s1. The van der Waals surface area contributed by atoms with Gasteiger partial charge in [-0.3, -0.25) is 4.79 Å². The number of fused-ring (bicyclic) bond motifs is 3. The number of thioether (sulfide) groups is 1. The van der Waals surface area contributed by atoms with Crippen molar-refractivity contribution in [2.24, 2.45) is 11.8 Å². The molecule has 0 radical (unpaired) electrons. The molecule has 28 heavy (non-hydrogen) atoms. The summed E-state index contributed by atoms with van der Waals surface area (Å²) in [5, 5.41) is -0.667. The third kappa shape index (κ3) is 2.81. The summed E-state index contributed by atoms with van der Waals surface area (Å²) < 4.78 is 11.9. The molecule has 0 aromatic heterocycles. The lowest BCUT2D eigenvalue weighted by Crippen LogP contribution is -2.47. The molecule has 5 rings (SSSR count). The summed E-state index contributed by atoms with van der Waals surface area (Å²) >= 11 is 8.29. The van der Waals surface area contributed by atoms with Crippen LogP contribution in [0.3, 0.4) is 0 Å². The van der Waals surface area contributed by atoms with Crippen LogP contribution in [0.5, 0.6) is 0 Å². The van der Waals surface area contributed by atoms with Gasteiger partial charge in [-0.05, 0) is 30.2 Å². The summed E-state index contributed by atoms with van der Waals surface area (Å²) in [7, 11) is 0. The van der Waals surface area contributed by atoms with Gasteiger partial charge >= 0.3 is 5.97 Å². The SMILES string of the molecule is Cc1ccc(S[C@@]23OC(=O)[C@H](Cl)[C@@H]2[C@H]2COCC2=C[C@H]3c2ccccc2)cc1. The van der Waals surface area contributed by atoms with Crippen molar-refractivity contribution < 1.29 is 14.3 Å². The van der Waals surface area contributed by atoms with E-state index in [0.29, 0.717) is 13.2 Å². The summed E-state index contributed by atoms with van der Waals surface area (Å²) in [5.74, 6) is -0.424. The van der Waals surface area contributed by atoms with Crippen molar-refractivity contribution in [2.75, 3.05) is 13.2 Å². The minimum absolute atomic E-state index is 0.0781. The monoisotopic (exact) mass is 412 g/mol. The van der Waals surface area contributed by atoms with Crippen molar-refractivity contribution in [3.8, 4) is 0 Å². The molecule has 3 aliphatic rings. The third-order valence-corrected chi connectivity index (χ3v) is 7.90. The van der Waals surface area contributed by atoms with Gasteiger partial charge in [-0.25, -0.2) is 0 Å². The molecule has 5 atom stereocenters. The molecule has 0 saturated carbocycles. The van der Waals surface area contributed by atoms with Gasteiger partial charge in [0.15, 0.2) is 4.93 Å². The Bertz CT molecular complexity index is 927. The second kappa shape index (κ2) is 6.94. The van der Waals surface area contributed by atoms with Gasteiger partial charge in [-0.1, -0.05) is 65.9 Å². The first-order valence-corrected chi connectivity index (χ1v) is 10.8. The molecule has 2 saturated heterocycles. The molecule has 2 heterocycles. The molecule has 3 nitrogen and oxygen atoms in total. The van der Waals surface area contributed by atoms with Crippen molar-refractivity contribution in [1.82, 2.24) is 0 Å². The summed E-state index contributed by atoms with van der Waals surface area (Å²) in [5.41, 5.74) is 3.57. The van der Waals surface area contributed by atoms with Crippen LogP contribution in [0.2, 0.25) is 0 Å². The zero-order valence-corrected chi connectivity index (χ0v) is 17.1. The second-order valence-corrected chi connectivity index (χ2v) is 9.52. The Morgan fingerprint density at radius 2 is 1.86 bits per heavy atom. The van der Waals surface area contributed by atoms with E-state index in [4.69, 9.17) is 21.1 Å². The normalized spacial score (nSPS) is 33.8. The van der Waals surface area contributed by atoms with Gasteiger partial charge < -0.3 is 9.47 Å². The topological polar surface area (TPSA) is 35.5 Å². The summed E-state index contributed by atoms with van der Waals surface area (Å²) in [4.78, 5) is 13.0. The van der Waals surface area contributed by atoms with E-state index in [-0.39, 0.29) is 23.7 Å². The number of alkyl halides is 1. The molecule has 2 fully saturated rings. The average Bonchev–Trinajstić information content (AvgIpc) is 3.26. The van der Waals surface area contributed by atoms with Crippen molar-refractivity contribution in [2.45, 2.75) is 28.0 Å². The number of ether oxygens (including phenoxy) is 2. The van der Waals surface area contributed by atoms with E-state index in [9.17, 15) is 4.79 Å². The minimum Gasteiger partial charge on any atom is -0.445 e. The Morgan fingerprint density at radius 1 is 1.11 bits per heavy atom. The van der Waals surface area contributed by atoms with Crippen LogP contribution in [0.4, 0.5) is 0 Å². The molecule has 0 amide bonds. The molecule has 0 bridgehead atoms. The minimum atomic E-state index is -0.776. The smallest absolute Gasteiger partial charge is 0.326 e. The molecule has 0 unspecified atom stereocenters. The van der Waals surface area contributed by atoms with Gasteiger partial charge in [0.05, 0.1) is 19.1 Å². The number of carbonyl (C=O) groups excluding carboxylic acids is 1. The van der Waals surface area contributed by atoms with Gasteiger partial charge in [-0.2, -0.15) is 0 Å². The Morgan fingerprint density at radius 3 is 2.61 bits per heavy atom. The number of esters is 1. The van der Waals surface area contributed by atoms with E-state index in [1.807, 2.05) is 18.2 Å². The summed E-state index contributed by atoms with van der Waals surface area (Å²) in [6.45, 7) is 3.26. The lowest BCUT2D eigenvalue weighted by atomic mass is 9.70. The average molecular weight is 413 g/mol. The van der Waals surface area contributed by atoms with E-state index in [1.54, 1.807) is 11.8 Å².